The largest absolute Gasteiger partial charge is 0.379 e. The molecule has 2 nitrogen and oxygen atoms in total. The van der Waals surface area contributed by atoms with E-state index in [0.29, 0.717) is 6.04 Å². The maximum Gasteiger partial charge on any atom is 0.0834 e. The van der Waals surface area contributed by atoms with E-state index in [4.69, 9.17) is 16.3 Å². The number of halogens is 1. The predicted molar refractivity (Wildman–Crippen MR) is 77.5 cm³/mol. The molecule has 1 unspecified atom stereocenters. The van der Waals surface area contributed by atoms with Crippen molar-refractivity contribution in [3.05, 3.63) is 28.8 Å². The molecule has 1 atom stereocenters. The lowest BCUT2D eigenvalue weighted by Gasteiger charge is -2.28. The molecule has 1 aromatic carbocycles. The molecular weight excluding hydrogens is 246 g/mol. The van der Waals surface area contributed by atoms with E-state index in [1.54, 1.807) is 0 Å². The number of nitrogens with one attached hydrogen (secondary N) is 1. The summed E-state index contributed by atoms with van der Waals surface area (Å²) in [5.41, 5.74) is 1.92. The molecule has 1 heterocycles. The summed E-state index contributed by atoms with van der Waals surface area (Å²) >= 11 is 6.16. The quantitative estimate of drug-likeness (QED) is 0.857. The molecule has 0 bridgehead atoms. The fourth-order valence-electron chi connectivity index (χ4n) is 2.67. The second kappa shape index (κ2) is 4.43. The van der Waals surface area contributed by atoms with E-state index in [0.717, 1.165) is 22.7 Å². The second-order valence-electron chi connectivity index (χ2n) is 6.33. The van der Waals surface area contributed by atoms with Gasteiger partial charge in [0.25, 0.3) is 0 Å². The molecule has 1 aliphatic heterocycles. The molecule has 18 heavy (non-hydrogen) atoms. The lowest BCUT2D eigenvalue weighted by atomic mass is 9.94. The Kier molecular flexibility index (Phi) is 3.37. The number of hydrogen-bond acceptors (Lipinski definition) is 2. The Morgan fingerprint density at radius 3 is 2.44 bits per heavy atom. The standard InChI is InChI=1S/C15H22ClNO/c1-10-6-7-11(8-12(10)16)17-13-9-14(2,3)18-15(13,4)5/h6-8,13,17H,9H2,1-5H3. The highest BCUT2D eigenvalue weighted by Gasteiger charge is 2.45. The smallest absolute Gasteiger partial charge is 0.0834 e. The Hall–Kier alpha value is -0.730. The normalized spacial score (nSPS) is 25.1. The molecule has 100 valence electrons. The van der Waals surface area contributed by atoms with Gasteiger partial charge in [0, 0.05) is 10.7 Å². The molecule has 0 aliphatic carbocycles. The van der Waals surface area contributed by atoms with Crippen LogP contribution in [0.4, 0.5) is 5.69 Å². The van der Waals surface area contributed by atoms with Gasteiger partial charge in [0.1, 0.15) is 0 Å². The van der Waals surface area contributed by atoms with Gasteiger partial charge in [-0.1, -0.05) is 17.7 Å². The summed E-state index contributed by atoms with van der Waals surface area (Å²) in [6.07, 6.45) is 0.992. The van der Waals surface area contributed by atoms with Crippen molar-refractivity contribution in [2.24, 2.45) is 0 Å². The molecule has 0 amide bonds. The van der Waals surface area contributed by atoms with Crippen molar-refractivity contribution < 1.29 is 4.74 Å². The Balaban J connectivity index is 2.16. The molecule has 1 aromatic rings. The monoisotopic (exact) mass is 267 g/mol. The Labute approximate surface area is 115 Å². The fourth-order valence-corrected chi connectivity index (χ4v) is 2.85. The van der Waals surface area contributed by atoms with Crippen LogP contribution in [0, 0.1) is 6.92 Å². The molecule has 0 aromatic heterocycles. The summed E-state index contributed by atoms with van der Waals surface area (Å²) in [7, 11) is 0. The Morgan fingerprint density at radius 1 is 1.28 bits per heavy atom. The van der Waals surface area contributed by atoms with E-state index in [1.165, 1.54) is 0 Å². The topological polar surface area (TPSA) is 21.3 Å². The molecule has 1 N–H and O–H groups in total. The number of benzene rings is 1. The zero-order valence-corrected chi connectivity index (χ0v) is 12.6. The number of rotatable bonds is 2. The van der Waals surface area contributed by atoms with Crippen LogP contribution in [0.3, 0.4) is 0 Å². The van der Waals surface area contributed by atoms with E-state index >= 15 is 0 Å². The van der Waals surface area contributed by atoms with Crippen LogP contribution in [0.2, 0.25) is 5.02 Å². The summed E-state index contributed by atoms with van der Waals surface area (Å²) in [5, 5.41) is 4.35. The van der Waals surface area contributed by atoms with Crippen molar-refractivity contribution >= 4 is 17.3 Å². The van der Waals surface area contributed by atoms with Crippen LogP contribution >= 0.6 is 11.6 Å². The third kappa shape index (κ3) is 2.81. The van der Waals surface area contributed by atoms with Gasteiger partial charge in [-0.3, -0.25) is 0 Å². The van der Waals surface area contributed by atoms with E-state index in [-0.39, 0.29) is 11.2 Å². The van der Waals surface area contributed by atoms with Gasteiger partial charge in [-0.15, -0.1) is 0 Å². The van der Waals surface area contributed by atoms with Crippen molar-refractivity contribution in [1.29, 1.82) is 0 Å². The molecule has 2 rings (SSSR count). The lowest BCUT2D eigenvalue weighted by Crippen LogP contribution is -2.38. The van der Waals surface area contributed by atoms with Crippen molar-refractivity contribution in [3.8, 4) is 0 Å². The van der Waals surface area contributed by atoms with Gasteiger partial charge >= 0.3 is 0 Å². The Morgan fingerprint density at radius 2 is 1.94 bits per heavy atom. The zero-order chi connectivity index (χ0) is 13.6. The molecule has 0 radical (unpaired) electrons. The third-order valence-electron chi connectivity index (χ3n) is 3.59. The van der Waals surface area contributed by atoms with E-state index < -0.39 is 0 Å². The van der Waals surface area contributed by atoms with Gasteiger partial charge in [-0.2, -0.15) is 0 Å². The maximum atomic E-state index is 6.16. The SMILES string of the molecule is Cc1ccc(NC2CC(C)(C)OC2(C)C)cc1Cl. The summed E-state index contributed by atoms with van der Waals surface area (Å²) < 4.78 is 6.08. The first kappa shape index (κ1) is 13.7. The molecule has 3 heteroatoms. The van der Waals surface area contributed by atoms with Gasteiger partial charge < -0.3 is 10.1 Å². The van der Waals surface area contributed by atoms with E-state index in [2.05, 4.69) is 39.1 Å². The maximum absolute atomic E-state index is 6.16. The minimum Gasteiger partial charge on any atom is -0.379 e. The van der Waals surface area contributed by atoms with Gasteiger partial charge in [-0.05, 0) is 58.7 Å². The van der Waals surface area contributed by atoms with Crippen LogP contribution in [0.5, 0.6) is 0 Å². The van der Waals surface area contributed by atoms with E-state index in [1.807, 2.05) is 19.1 Å². The number of ether oxygens (including phenoxy) is 1. The van der Waals surface area contributed by atoms with Crippen LogP contribution < -0.4 is 5.32 Å². The van der Waals surface area contributed by atoms with Crippen LogP contribution in [-0.4, -0.2) is 17.2 Å². The van der Waals surface area contributed by atoms with Crippen molar-refractivity contribution in [2.75, 3.05) is 5.32 Å². The highest BCUT2D eigenvalue weighted by atomic mass is 35.5. The van der Waals surface area contributed by atoms with Crippen LogP contribution in [0.15, 0.2) is 18.2 Å². The van der Waals surface area contributed by atoms with Gasteiger partial charge in [-0.25, -0.2) is 0 Å². The highest BCUT2D eigenvalue weighted by Crippen LogP contribution is 2.39. The van der Waals surface area contributed by atoms with Gasteiger partial charge in [0.2, 0.25) is 0 Å². The van der Waals surface area contributed by atoms with Crippen molar-refractivity contribution in [2.45, 2.75) is 58.3 Å². The number of hydrogen-bond donors (Lipinski definition) is 1. The van der Waals surface area contributed by atoms with E-state index in [9.17, 15) is 0 Å². The summed E-state index contributed by atoms with van der Waals surface area (Å²) in [4.78, 5) is 0. The minimum absolute atomic E-state index is 0.0738. The predicted octanol–water partition coefficient (Wildman–Crippen LogP) is 4.41. The van der Waals surface area contributed by atoms with Crippen LogP contribution in [-0.2, 0) is 4.74 Å². The van der Waals surface area contributed by atoms with Crippen LogP contribution in [0.25, 0.3) is 0 Å². The van der Waals surface area contributed by atoms with Crippen molar-refractivity contribution in [1.82, 2.24) is 0 Å². The average molecular weight is 268 g/mol. The zero-order valence-electron chi connectivity index (χ0n) is 11.8. The van der Waals surface area contributed by atoms with Gasteiger partial charge in [0.05, 0.1) is 17.2 Å². The van der Waals surface area contributed by atoms with Crippen molar-refractivity contribution in [3.63, 3.8) is 0 Å². The summed E-state index contributed by atoms with van der Waals surface area (Å²) in [5.74, 6) is 0. The fraction of sp³-hybridized carbons (Fsp3) is 0.600. The summed E-state index contributed by atoms with van der Waals surface area (Å²) in [6, 6.07) is 6.39. The molecule has 0 spiro atoms. The molecule has 1 saturated heterocycles. The first-order valence-electron chi connectivity index (χ1n) is 6.42. The first-order valence-corrected chi connectivity index (χ1v) is 6.80. The first-order chi connectivity index (χ1) is 8.20. The summed E-state index contributed by atoms with van der Waals surface area (Å²) in [6.45, 7) is 10.6. The Bertz CT molecular complexity index is 454. The lowest BCUT2D eigenvalue weighted by molar-refractivity contribution is -0.0662. The third-order valence-corrected chi connectivity index (χ3v) is 3.99. The molecule has 0 saturated carbocycles. The number of aryl methyl sites for hydroxylation is 1. The highest BCUT2D eigenvalue weighted by molar-refractivity contribution is 6.31. The number of anilines is 1. The molecule has 1 fully saturated rings. The minimum atomic E-state index is -0.166. The second-order valence-corrected chi connectivity index (χ2v) is 6.74. The molecular formula is C15H22ClNO. The van der Waals surface area contributed by atoms with Crippen LogP contribution in [0.1, 0.15) is 39.7 Å². The molecule has 1 aliphatic rings. The van der Waals surface area contributed by atoms with Gasteiger partial charge in [0.15, 0.2) is 0 Å². The average Bonchev–Trinajstić information content (AvgIpc) is 2.40.